The Balaban J connectivity index is 1.80. The van der Waals surface area contributed by atoms with Gasteiger partial charge >= 0.3 is 0 Å². The minimum Gasteiger partial charge on any atom is -0.386 e. The van der Waals surface area contributed by atoms with Gasteiger partial charge in [-0.2, -0.15) is 0 Å². The van der Waals surface area contributed by atoms with Crippen molar-refractivity contribution < 1.29 is 9.84 Å². The van der Waals surface area contributed by atoms with Crippen LogP contribution in [0.5, 0.6) is 0 Å². The van der Waals surface area contributed by atoms with E-state index in [0.717, 1.165) is 18.4 Å². The van der Waals surface area contributed by atoms with Crippen LogP contribution < -0.4 is 0 Å². The molecule has 0 saturated heterocycles. The third-order valence-electron chi connectivity index (χ3n) is 3.83. The normalized spacial score (nSPS) is 13.9. The van der Waals surface area contributed by atoms with Crippen LogP contribution in [0, 0.1) is 0 Å². The fourth-order valence-electron chi connectivity index (χ4n) is 2.81. The first-order chi connectivity index (χ1) is 9.79. The number of aliphatic hydroxyl groups is 1. The third kappa shape index (κ3) is 2.49. The summed E-state index contributed by atoms with van der Waals surface area (Å²) >= 11 is 0. The number of ether oxygens (including phenoxy) is 1. The quantitative estimate of drug-likeness (QED) is 0.715. The van der Waals surface area contributed by atoms with E-state index in [-0.39, 0.29) is 0 Å². The molecule has 0 amide bonds. The third-order valence-corrected chi connectivity index (χ3v) is 3.83. The average molecular weight is 268 g/mol. The monoisotopic (exact) mass is 268 g/mol. The van der Waals surface area contributed by atoms with Gasteiger partial charge in [-0.15, -0.1) is 0 Å². The van der Waals surface area contributed by atoms with Gasteiger partial charge in [0.15, 0.2) is 0 Å². The van der Waals surface area contributed by atoms with E-state index in [1.165, 1.54) is 22.3 Å². The van der Waals surface area contributed by atoms with Gasteiger partial charge < -0.3 is 9.84 Å². The largest absolute Gasteiger partial charge is 0.386 e. The van der Waals surface area contributed by atoms with Gasteiger partial charge in [-0.3, -0.25) is 0 Å². The summed E-state index contributed by atoms with van der Waals surface area (Å²) < 4.78 is 5.43. The lowest BCUT2D eigenvalue weighted by atomic mass is 10.0. The maximum absolute atomic E-state index is 10.2. The van der Waals surface area contributed by atoms with E-state index in [1.54, 1.807) is 0 Å². The standard InChI is InChI=1S/C18H20O2/c1-2-9-20-12-18(19)14-7-8-17-15(11-14)10-13-5-3-4-6-16(13)17/h3-8,11,18-19H,2,9-10,12H2,1H3. The van der Waals surface area contributed by atoms with Crippen LogP contribution in [0.2, 0.25) is 0 Å². The SMILES string of the molecule is CCCOCC(O)c1ccc2c(c1)Cc1ccccc1-2. The van der Waals surface area contributed by atoms with Crippen molar-refractivity contribution in [2.75, 3.05) is 13.2 Å². The lowest BCUT2D eigenvalue weighted by Gasteiger charge is -2.13. The Morgan fingerprint density at radius 1 is 1.10 bits per heavy atom. The van der Waals surface area contributed by atoms with Crippen LogP contribution >= 0.6 is 0 Å². The van der Waals surface area contributed by atoms with Gasteiger partial charge in [0.05, 0.1) is 6.61 Å². The summed E-state index contributed by atoms with van der Waals surface area (Å²) in [5.41, 5.74) is 6.25. The first-order valence-electron chi connectivity index (χ1n) is 7.26. The highest BCUT2D eigenvalue weighted by Gasteiger charge is 2.19. The van der Waals surface area contributed by atoms with Gasteiger partial charge in [0, 0.05) is 6.61 Å². The van der Waals surface area contributed by atoms with Crippen molar-refractivity contribution in [3.63, 3.8) is 0 Å². The summed E-state index contributed by atoms with van der Waals surface area (Å²) in [7, 11) is 0. The Hall–Kier alpha value is -1.64. The summed E-state index contributed by atoms with van der Waals surface area (Å²) in [5.74, 6) is 0. The van der Waals surface area contributed by atoms with Crippen LogP contribution in [-0.2, 0) is 11.2 Å². The second-order valence-corrected chi connectivity index (χ2v) is 5.34. The van der Waals surface area contributed by atoms with Gasteiger partial charge in [-0.25, -0.2) is 0 Å². The summed E-state index contributed by atoms with van der Waals surface area (Å²) in [4.78, 5) is 0. The fourth-order valence-corrected chi connectivity index (χ4v) is 2.81. The topological polar surface area (TPSA) is 29.5 Å². The highest BCUT2D eigenvalue weighted by molar-refractivity contribution is 5.76. The average Bonchev–Trinajstić information content (AvgIpc) is 2.85. The maximum Gasteiger partial charge on any atom is 0.102 e. The van der Waals surface area contributed by atoms with Crippen LogP contribution in [0.3, 0.4) is 0 Å². The lowest BCUT2D eigenvalue weighted by molar-refractivity contribution is 0.0363. The molecule has 0 bridgehead atoms. The number of hydrogen-bond donors (Lipinski definition) is 1. The number of benzene rings is 2. The molecule has 2 aromatic carbocycles. The van der Waals surface area contributed by atoms with Crippen LogP contribution in [0.1, 0.15) is 36.1 Å². The number of rotatable bonds is 5. The number of fused-ring (bicyclic) bond motifs is 3. The van der Waals surface area contributed by atoms with Gasteiger partial charge in [-0.1, -0.05) is 49.4 Å². The molecule has 0 radical (unpaired) electrons. The smallest absolute Gasteiger partial charge is 0.102 e. The lowest BCUT2D eigenvalue weighted by Crippen LogP contribution is -2.08. The van der Waals surface area contributed by atoms with Crippen LogP contribution in [-0.4, -0.2) is 18.3 Å². The number of hydrogen-bond acceptors (Lipinski definition) is 2. The molecule has 0 aromatic heterocycles. The van der Waals surface area contributed by atoms with E-state index in [1.807, 2.05) is 6.07 Å². The summed E-state index contributed by atoms with van der Waals surface area (Å²) in [6.45, 7) is 3.14. The molecule has 0 heterocycles. The predicted octanol–water partition coefficient (Wildman–Crippen LogP) is 3.72. The first-order valence-corrected chi connectivity index (χ1v) is 7.26. The molecule has 1 aliphatic rings. The van der Waals surface area contributed by atoms with Gasteiger partial charge in [0.2, 0.25) is 0 Å². The van der Waals surface area contributed by atoms with Crippen molar-refractivity contribution in [2.24, 2.45) is 0 Å². The van der Waals surface area contributed by atoms with Gasteiger partial charge in [0.25, 0.3) is 0 Å². The van der Waals surface area contributed by atoms with Gasteiger partial charge in [-0.05, 0) is 40.7 Å². The Morgan fingerprint density at radius 3 is 2.75 bits per heavy atom. The van der Waals surface area contributed by atoms with Crippen molar-refractivity contribution in [3.8, 4) is 11.1 Å². The zero-order valence-corrected chi connectivity index (χ0v) is 11.8. The van der Waals surface area contributed by atoms with Crippen molar-refractivity contribution >= 4 is 0 Å². The zero-order valence-electron chi connectivity index (χ0n) is 11.8. The summed E-state index contributed by atoms with van der Waals surface area (Å²) in [6, 6.07) is 14.8. The highest BCUT2D eigenvalue weighted by Crippen LogP contribution is 2.37. The highest BCUT2D eigenvalue weighted by atomic mass is 16.5. The van der Waals surface area contributed by atoms with Crippen molar-refractivity contribution in [2.45, 2.75) is 25.9 Å². The molecule has 0 fully saturated rings. The Morgan fingerprint density at radius 2 is 1.90 bits per heavy atom. The van der Waals surface area contributed by atoms with E-state index in [4.69, 9.17) is 4.74 Å². The molecule has 1 unspecified atom stereocenters. The molecule has 20 heavy (non-hydrogen) atoms. The minimum absolute atomic E-state index is 0.375. The van der Waals surface area contributed by atoms with Gasteiger partial charge in [0.1, 0.15) is 6.10 Å². The molecule has 104 valence electrons. The van der Waals surface area contributed by atoms with Crippen LogP contribution in [0.4, 0.5) is 0 Å². The molecule has 2 aromatic rings. The van der Waals surface area contributed by atoms with Crippen molar-refractivity contribution in [3.05, 3.63) is 59.2 Å². The molecule has 0 aliphatic heterocycles. The second kappa shape index (κ2) is 5.78. The molecule has 3 rings (SSSR count). The molecule has 1 atom stereocenters. The molecular weight excluding hydrogens is 248 g/mol. The first kappa shape index (κ1) is 13.3. The number of aliphatic hydroxyl groups excluding tert-OH is 1. The summed E-state index contributed by atoms with van der Waals surface area (Å²) in [5, 5.41) is 10.2. The van der Waals surface area contributed by atoms with Crippen molar-refractivity contribution in [1.29, 1.82) is 0 Å². The molecular formula is C18H20O2. The minimum atomic E-state index is -0.532. The molecule has 0 spiro atoms. The maximum atomic E-state index is 10.2. The summed E-state index contributed by atoms with van der Waals surface area (Å²) in [6.07, 6.45) is 1.41. The molecule has 2 nitrogen and oxygen atoms in total. The Bertz CT molecular complexity index is 604. The van der Waals surface area contributed by atoms with E-state index in [9.17, 15) is 5.11 Å². The second-order valence-electron chi connectivity index (χ2n) is 5.34. The zero-order chi connectivity index (χ0) is 13.9. The Kier molecular flexibility index (Phi) is 3.86. The fraction of sp³-hybridized carbons (Fsp3) is 0.333. The van der Waals surface area contributed by atoms with E-state index < -0.39 is 6.10 Å². The predicted molar refractivity (Wildman–Crippen MR) is 80.8 cm³/mol. The van der Waals surface area contributed by atoms with Crippen LogP contribution in [0.15, 0.2) is 42.5 Å². The molecule has 0 saturated carbocycles. The van der Waals surface area contributed by atoms with Crippen molar-refractivity contribution in [1.82, 2.24) is 0 Å². The van der Waals surface area contributed by atoms with E-state index in [2.05, 4.69) is 43.3 Å². The molecule has 1 aliphatic carbocycles. The van der Waals surface area contributed by atoms with E-state index in [0.29, 0.717) is 13.2 Å². The van der Waals surface area contributed by atoms with E-state index >= 15 is 0 Å². The molecule has 2 heteroatoms. The van der Waals surface area contributed by atoms with Crippen LogP contribution in [0.25, 0.3) is 11.1 Å². The molecule has 1 N–H and O–H groups in total. The Labute approximate surface area is 120 Å².